The van der Waals surface area contributed by atoms with Crippen LogP contribution in [-0.4, -0.2) is 18.0 Å². The highest BCUT2D eigenvalue weighted by Crippen LogP contribution is 2.18. The average molecular weight is 246 g/mol. The van der Waals surface area contributed by atoms with Crippen molar-refractivity contribution in [1.29, 1.82) is 0 Å². The van der Waals surface area contributed by atoms with Crippen molar-refractivity contribution in [2.45, 2.75) is 51.6 Å². The van der Waals surface area contributed by atoms with Crippen molar-refractivity contribution >= 4 is 5.91 Å². The summed E-state index contributed by atoms with van der Waals surface area (Å²) in [5, 5.41) is 3.08. The Hall–Kier alpha value is -1.35. The Labute approximate surface area is 109 Å². The number of carbonyl (C=O) groups excluding carboxylic acids is 1. The van der Waals surface area contributed by atoms with E-state index >= 15 is 0 Å². The van der Waals surface area contributed by atoms with Crippen molar-refractivity contribution in [3.05, 3.63) is 34.9 Å². The second kappa shape index (κ2) is 5.53. The molecule has 0 heterocycles. The molecule has 0 radical (unpaired) electrons. The lowest BCUT2D eigenvalue weighted by Gasteiger charge is -2.29. The zero-order chi connectivity index (χ0) is 13.1. The summed E-state index contributed by atoms with van der Waals surface area (Å²) in [6.07, 6.45) is 4.35. The van der Waals surface area contributed by atoms with E-state index in [4.69, 9.17) is 5.73 Å². The summed E-state index contributed by atoms with van der Waals surface area (Å²) < 4.78 is 0. The molecule has 1 fully saturated rings. The van der Waals surface area contributed by atoms with Crippen LogP contribution in [0.25, 0.3) is 0 Å². The smallest absolute Gasteiger partial charge is 0.251 e. The number of benzene rings is 1. The van der Waals surface area contributed by atoms with Gasteiger partial charge >= 0.3 is 0 Å². The Morgan fingerprint density at radius 3 is 2.67 bits per heavy atom. The molecule has 0 aromatic heterocycles. The van der Waals surface area contributed by atoms with Crippen molar-refractivity contribution in [3.8, 4) is 0 Å². The first kappa shape index (κ1) is 13.1. The highest BCUT2D eigenvalue weighted by molar-refractivity contribution is 5.95. The van der Waals surface area contributed by atoms with E-state index in [-0.39, 0.29) is 18.0 Å². The fourth-order valence-electron chi connectivity index (χ4n) is 2.65. The van der Waals surface area contributed by atoms with Crippen LogP contribution >= 0.6 is 0 Å². The molecule has 0 spiro atoms. The molecule has 0 bridgehead atoms. The first-order valence-electron chi connectivity index (χ1n) is 6.71. The van der Waals surface area contributed by atoms with Gasteiger partial charge in [0.1, 0.15) is 0 Å². The predicted molar refractivity (Wildman–Crippen MR) is 73.6 cm³/mol. The maximum Gasteiger partial charge on any atom is 0.251 e. The summed E-state index contributed by atoms with van der Waals surface area (Å²) >= 11 is 0. The molecule has 1 aliphatic carbocycles. The molecule has 1 saturated carbocycles. The first-order chi connectivity index (χ1) is 8.58. The maximum atomic E-state index is 12.2. The van der Waals surface area contributed by atoms with Crippen LogP contribution in [0, 0.1) is 13.8 Å². The van der Waals surface area contributed by atoms with Gasteiger partial charge < -0.3 is 11.1 Å². The van der Waals surface area contributed by atoms with Gasteiger partial charge in [-0.25, -0.2) is 0 Å². The number of amides is 1. The minimum absolute atomic E-state index is 0.00912. The lowest BCUT2D eigenvalue weighted by Crippen LogP contribution is -2.49. The molecule has 2 atom stereocenters. The van der Waals surface area contributed by atoms with Gasteiger partial charge in [0.15, 0.2) is 0 Å². The molecular formula is C15H22N2O. The third kappa shape index (κ3) is 2.91. The Bertz CT molecular complexity index is 442. The highest BCUT2D eigenvalue weighted by atomic mass is 16.1. The number of hydrogen-bond acceptors (Lipinski definition) is 2. The first-order valence-corrected chi connectivity index (χ1v) is 6.71. The number of nitrogens with one attached hydrogen (secondary N) is 1. The Morgan fingerprint density at radius 2 is 2.00 bits per heavy atom. The zero-order valence-electron chi connectivity index (χ0n) is 11.2. The summed E-state index contributed by atoms with van der Waals surface area (Å²) in [6.45, 7) is 4.01. The topological polar surface area (TPSA) is 55.1 Å². The molecule has 98 valence electrons. The highest BCUT2D eigenvalue weighted by Gasteiger charge is 2.24. The van der Waals surface area contributed by atoms with Crippen LogP contribution < -0.4 is 11.1 Å². The minimum Gasteiger partial charge on any atom is -0.348 e. The third-order valence-corrected chi connectivity index (χ3v) is 3.76. The lowest BCUT2D eigenvalue weighted by molar-refractivity contribution is 0.0920. The molecule has 0 saturated heterocycles. The second-order valence-corrected chi connectivity index (χ2v) is 5.35. The van der Waals surface area contributed by atoms with Crippen LogP contribution in [0.4, 0.5) is 0 Å². The van der Waals surface area contributed by atoms with Crippen molar-refractivity contribution < 1.29 is 4.79 Å². The SMILES string of the molecule is Cc1ccc(C(=O)NC2CCCCC2N)c(C)c1. The summed E-state index contributed by atoms with van der Waals surface area (Å²) in [4.78, 5) is 12.2. The van der Waals surface area contributed by atoms with Gasteiger partial charge in [0.05, 0.1) is 0 Å². The average Bonchev–Trinajstić information content (AvgIpc) is 2.32. The Balaban J connectivity index is 2.07. The van der Waals surface area contributed by atoms with Crippen LogP contribution in [0.5, 0.6) is 0 Å². The number of nitrogens with two attached hydrogens (primary N) is 1. The van der Waals surface area contributed by atoms with E-state index in [0.717, 1.165) is 30.4 Å². The number of carbonyl (C=O) groups is 1. The summed E-state index contributed by atoms with van der Waals surface area (Å²) in [5.41, 5.74) is 9.02. The molecule has 0 aliphatic heterocycles. The quantitative estimate of drug-likeness (QED) is 0.841. The fraction of sp³-hybridized carbons (Fsp3) is 0.533. The Kier molecular flexibility index (Phi) is 4.02. The second-order valence-electron chi connectivity index (χ2n) is 5.35. The fourth-order valence-corrected chi connectivity index (χ4v) is 2.65. The number of rotatable bonds is 2. The van der Waals surface area contributed by atoms with Gasteiger partial charge in [-0.05, 0) is 38.3 Å². The number of hydrogen-bond donors (Lipinski definition) is 2. The lowest BCUT2D eigenvalue weighted by atomic mass is 9.90. The third-order valence-electron chi connectivity index (χ3n) is 3.76. The monoisotopic (exact) mass is 246 g/mol. The van der Waals surface area contributed by atoms with E-state index in [1.54, 1.807) is 0 Å². The van der Waals surface area contributed by atoms with Crippen LogP contribution in [0.2, 0.25) is 0 Å². The van der Waals surface area contributed by atoms with E-state index in [0.29, 0.717) is 0 Å². The molecule has 18 heavy (non-hydrogen) atoms. The van der Waals surface area contributed by atoms with Crippen LogP contribution in [0.1, 0.15) is 47.2 Å². The van der Waals surface area contributed by atoms with Crippen LogP contribution in [0.15, 0.2) is 18.2 Å². The molecule has 2 unspecified atom stereocenters. The molecule has 2 rings (SSSR count). The molecule has 3 heteroatoms. The largest absolute Gasteiger partial charge is 0.348 e. The van der Waals surface area contributed by atoms with Gasteiger partial charge in [-0.15, -0.1) is 0 Å². The van der Waals surface area contributed by atoms with E-state index in [1.807, 2.05) is 32.0 Å². The van der Waals surface area contributed by atoms with E-state index in [9.17, 15) is 4.79 Å². The normalized spacial score (nSPS) is 23.7. The van der Waals surface area contributed by atoms with Crippen molar-refractivity contribution in [3.63, 3.8) is 0 Å². The summed E-state index contributed by atoms with van der Waals surface area (Å²) in [5.74, 6) is 0.00912. The standard InChI is InChI=1S/C15H22N2O/c1-10-7-8-12(11(2)9-10)15(18)17-14-6-4-3-5-13(14)16/h7-9,13-14H,3-6,16H2,1-2H3,(H,17,18). The van der Waals surface area contributed by atoms with Gasteiger partial charge in [-0.3, -0.25) is 4.79 Å². The number of aryl methyl sites for hydroxylation is 2. The molecular weight excluding hydrogens is 224 g/mol. The molecule has 3 nitrogen and oxygen atoms in total. The van der Waals surface area contributed by atoms with E-state index < -0.39 is 0 Å². The molecule has 1 aromatic carbocycles. The molecule has 1 aromatic rings. The minimum atomic E-state index is 0.00912. The predicted octanol–water partition coefficient (Wildman–Crippen LogP) is 2.30. The van der Waals surface area contributed by atoms with Crippen molar-refractivity contribution in [1.82, 2.24) is 5.32 Å². The van der Waals surface area contributed by atoms with Gasteiger partial charge in [-0.2, -0.15) is 0 Å². The van der Waals surface area contributed by atoms with Gasteiger partial charge in [-0.1, -0.05) is 30.5 Å². The summed E-state index contributed by atoms with van der Waals surface area (Å²) in [7, 11) is 0. The maximum absolute atomic E-state index is 12.2. The molecule has 3 N–H and O–H groups in total. The van der Waals surface area contributed by atoms with E-state index in [2.05, 4.69) is 5.32 Å². The zero-order valence-corrected chi connectivity index (χ0v) is 11.2. The van der Waals surface area contributed by atoms with Crippen LogP contribution in [-0.2, 0) is 0 Å². The Morgan fingerprint density at radius 1 is 1.28 bits per heavy atom. The van der Waals surface area contributed by atoms with E-state index in [1.165, 1.54) is 12.0 Å². The molecule has 1 amide bonds. The molecule has 1 aliphatic rings. The van der Waals surface area contributed by atoms with Crippen molar-refractivity contribution in [2.24, 2.45) is 5.73 Å². The van der Waals surface area contributed by atoms with Gasteiger partial charge in [0, 0.05) is 17.6 Å². The van der Waals surface area contributed by atoms with Gasteiger partial charge in [0.2, 0.25) is 0 Å². The van der Waals surface area contributed by atoms with Crippen molar-refractivity contribution in [2.75, 3.05) is 0 Å². The van der Waals surface area contributed by atoms with Gasteiger partial charge in [0.25, 0.3) is 5.91 Å². The summed E-state index contributed by atoms with van der Waals surface area (Å²) in [6, 6.07) is 6.15. The van der Waals surface area contributed by atoms with Crippen LogP contribution in [0.3, 0.4) is 0 Å².